The second kappa shape index (κ2) is 9.95. The van der Waals surface area contributed by atoms with Gasteiger partial charge in [-0.1, -0.05) is 13.2 Å². The molecule has 1 aliphatic rings. The van der Waals surface area contributed by atoms with Crippen molar-refractivity contribution in [1.82, 2.24) is 25.6 Å². The molecule has 9 heteroatoms. The number of anilines is 1. The van der Waals surface area contributed by atoms with Crippen LogP contribution in [-0.4, -0.2) is 52.3 Å². The van der Waals surface area contributed by atoms with E-state index in [1.165, 1.54) is 17.1 Å². The van der Waals surface area contributed by atoms with E-state index < -0.39 is 0 Å². The Hall–Kier alpha value is -4.53. The minimum absolute atomic E-state index is 0.0690. The third kappa shape index (κ3) is 4.78. The number of fused-ring (bicyclic) bond motifs is 1. The van der Waals surface area contributed by atoms with E-state index in [1.54, 1.807) is 18.5 Å². The highest BCUT2D eigenvalue weighted by Crippen LogP contribution is 2.27. The fourth-order valence-corrected chi connectivity index (χ4v) is 3.71. The van der Waals surface area contributed by atoms with Crippen LogP contribution in [0, 0.1) is 0 Å². The normalized spacial score (nSPS) is 12.3. The number of nitrogens with one attached hydrogen (secondary N) is 3. The molecule has 0 spiro atoms. The molecule has 1 aliphatic heterocycles. The van der Waals surface area contributed by atoms with Crippen LogP contribution in [0.3, 0.4) is 0 Å². The third-order valence-corrected chi connectivity index (χ3v) is 5.46. The van der Waals surface area contributed by atoms with Crippen LogP contribution in [0.4, 0.5) is 5.82 Å². The molecule has 3 aromatic rings. The second-order valence-electron chi connectivity index (χ2n) is 7.61. The number of carbonyl (C=O) groups excluding carboxylic acids is 3. The summed E-state index contributed by atoms with van der Waals surface area (Å²) in [5.74, 6) is -0.280. The highest BCUT2D eigenvalue weighted by molar-refractivity contribution is 6.00. The standard InChI is InChI=1S/C25H24N6O3/c1-3-23(32)27-11-12-31(24(33)4-2)22-6-5-17(15-29-22)20-13-16(7-9-26-20)21-14-18-19(30-21)8-10-28-25(18)34/h3-7,9,13-15,30H,1-2,8,10-12H2,(H,27,32)(H,28,34). The fraction of sp³-hybridized carbons (Fsp3) is 0.160. The Bertz CT molecular complexity index is 1260. The number of carbonyl (C=O) groups is 3. The van der Waals surface area contributed by atoms with E-state index in [0.29, 0.717) is 23.6 Å². The number of aromatic amines is 1. The van der Waals surface area contributed by atoms with Gasteiger partial charge in [-0.25, -0.2) is 4.98 Å². The summed E-state index contributed by atoms with van der Waals surface area (Å²) in [5, 5.41) is 5.49. The van der Waals surface area contributed by atoms with E-state index in [2.05, 4.69) is 38.7 Å². The summed E-state index contributed by atoms with van der Waals surface area (Å²) in [6.45, 7) is 8.04. The van der Waals surface area contributed by atoms with Crippen molar-refractivity contribution in [3.63, 3.8) is 0 Å². The van der Waals surface area contributed by atoms with E-state index in [1.807, 2.05) is 24.3 Å². The molecule has 0 saturated heterocycles. The molecule has 4 heterocycles. The summed E-state index contributed by atoms with van der Waals surface area (Å²) in [6.07, 6.45) is 6.48. The predicted molar refractivity (Wildman–Crippen MR) is 129 cm³/mol. The Morgan fingerprint density at radius 2 is 1.97 bits per heavy atom. The molecular formula is C25H24N6O3. The van der Waals surface area contributed by atoms with Crippen molar-refractivity contribution < 1.29 is 14.4 Å². The Morgan fingerprint density at radius 3 is 2.68 bits per heavy atom. The van der Waals surface area contributed by atoms with Crippen LogP contribution in [0.15, 0.2) is 68.0 Å². The number of nitrogens with zero attached hydrogens (tertiary/aromatic N) is 3. The Morgan fingerprint density at radius 1 is 1.12 bits per heavy atom. The van der Waals surface area contributed by atoms with Crippen LogP contribution in [0.1, 0.15) is 16.1 Å². The van der Waals surface area contributed by atoms with Gasteiger partial charge in [-0.2, -0.15) is 0 Å². The van der Waals surface area contributed by atoms with Crippen molar-refractivity contribution in [2.75, 3.05) is 24.5 Å². The quantitative estimate of drug-likeness (QED) is 0.449. The Labute approximate surface area is 196 Å². The summed E-state index contributed by atoms with van der Waals surface area (Å²) < 4.78 is 0. The van der Waals surface area contributed by atoms with Gasteiger partial charge in [0.2, 0.25) is 5.91 Å². The molecule has 34 heavy (non-hydrogen) atoms. The van der Waals surface area contributed by atoms with E-state index >= 15 is 0 Å². The molecule has 0 atom stereocenters. The van der Waals surface area contributed by atoms with Crippen molar-refractivity contribution >= 4 is 23.5 Å². The third-order valence-electron chi connectivity index (χ3n) is 5.46. The molecule has 3 aromatic heterocycles. The minimum atomic E-state index is -0.326. The SMILES string of the molecule is C=CC(=O)NCCN(C(=O)C=C)c1ccc(-c2cc(-c3cc4c([nH]3)CCNC4=O)ccn2)cn1. The van der Waals surface area contributed by atoms with Crippen LogP contribution in [-0.2, 0) is 16.0 Å². The number of aromatic nitrogens is 3. The van der Waals surface area contributed by atoms with Crippen LogP contribution in [0.2, 0.25) is 0 Å². The lowest BCUT2D eigenvalue weighted by Crippen LogP contribution is -2.37. The van der Waals surface area contributed by atoms with Gasteiger partial charge in [-0.05, 0) is 42.5 Å². The molecule has 0 bridgehead atoms. The van der Waals surface area contributed by atoms with E-state index in [9.17, 15) is 14.4 Å². The molecule has 0 aromatic carbocycles. The topological polar surface area (TPSA) is 120 Å². The zero-order valence-corrected chi connectivity index (χ0v) is 18.5. The first kappa shape index (κ1) is 22.7. The number of rotatable bonds is 8. The first-order valence-corrected chi connectivity index (χ1v) is 10.8. The molecule has 0 radical (unpaired) electrons. The van der Waals surface area contributed by atoms with Gasteiger partial charge in [0.05, 0.1) is 11.3 Å². The first-order chi connectivity index (χ1) is 16.5. The number of hydrogen-bond acceptors (Lipinski definition) is 5. The molecule has 0 fully saturated rings. The molecule has 0 aliphatic carbocycles. The molecular weight excluding hydrogens is 432 g/mol. The fourth-order valence-electron chi connectivity index (χ4n) is 3.71. The lowest BCUT2D eigenvalue weighted by molar-refractivity contribution is -0.117. The minimum Gasteiger partial charge on any atom is -0.358 e. The van der Waals surface area contributed by atoms with E-state index in [0.717, 1.165) is 28.9 Å². The van der Waals surface area contributed by atoms with Gasteiger partial charge in [0.15, 0.2) is 0 Å². The van der Waals surface area contributed by atoms with Gasteiger partial charge < -0.3 is 15.6 Å². The smallest absolute Gasteiger partial charge is 0.253 e. The van der Waals surface area contributed by atoms with Crippen LogP contribution in [0.5, 0.6) is 0 Å². The summed E-state index contributed by atoms with van der Waals surface area (Å²) >= 11 is 0. The number of hydrogen-bond donors (Lipinski definition) is 3. The van der Waals surface area contributed by atoms with Crippen LogP contribution in [0.25, 0.3) is 22.5 Å². The molecule has 3 N–H and O–H groups in total. The largest absolute Gasteiger partial charge is 0.358 e. The lowest BCUT2D eigenvalue weighted by Gasteiger charge is -2.20. The average molecular weight is 457 g/mol. The zero-order chi connectivity index (χ0) is 24.1. The lowest BCUT2D eigenvalue weighted by atomic mass is 10.1. The van der Waals surface area contributed by atoms with Crippen molar-refractivity contribution in [2.24, 2.45) is 0 Å². The first-order valence-electron chi connectivity index (χ1n) is 10.8. The average Bonchev–Trinajstić information content (AvgIpc) is 3.32. The maximum absolute atomic E-state index is 12.3. The zero-order valence-electron chi connectivity index (χ0n) is 18.5. The van der Waals surface area contributed by atoms with Gasteiger partial charge >= 0.3 is 0 Å². The second-order valence-corrected chi connectivity index (χ2v) is 7.61. The molecule has 172 valence electrons. The number of pyridine rings is 2. The van der Waals surface area contributed by atoms with Crippen molar-refractivity contribution in [3.05, 3.63) is 79.3 Å². The monoisotopic (exact) mass is 456 g/mol. The van der Waals surface area contributed by atoms with Crippen molar-refractivity contribution in [3.8, 4) is 22.5 Å². The highest BCUT2D eigenvalue weighted by atomic mass is 16.2. The maximum Gasteiger partial charge on any atom is 0.253 e. The van der Waals surface area contributed by atoms with Gasteiger partial charge in [0, 0.05) is 61.0 Å². The van der Waals surface area contributed by atoms with Gasteiger partial charge in [-0.3, -0.25) is 24.3 Å². The maximum atomic E-state index is 12.3. The van der Waals surface area contributed by atoms with Gasteiger partial charge in [0.1, 0.15) is 5.82 Å². The summed E-state index contributed by atoms with van der Waals surface area (Å²) in [6, 6.07) is 9.20. The van der Waals surface area contributed by atoms with Crippen LogP contribution < -0.4 is 15.5 Å². The molecule has 3 amide bonds. The summed E-state index contributed by atoms with van der Waals surface area (Å²) in [7, 11) is 0. The number of H-pyrrole nitrogens is 1. The van der Waals surface area contributed by atoms with Gasteiger partial charge in [0.25, 0.3) is 11.8 Å². The van der Waals surface area contributed by atoms with Gasteiger partial charge in [-0.15, -0.1) is 0 Å². The molecule has 4 rings (SSSR count). The van der Waals surface area contributed by atoms with Crippen molar-refractivity contribution in [1.29, 1.82) is 0 Å². The van der Waals surface area contributed by atoms with Crippen LogP contribution >= 0.6 is 0 Å². The summed E-state index contributed by atoms with van der Waals surface area (Å²) in [4.78, 5) is 49.4. The summed E-state index contributed by atoms with van der Waals surface area (Å²) in [5.41, 5.74) is 4.82. The van der Waals surface area contributed by atoms with E-state index in [-0.39, 0.29) is 30.8 Å². The number of amides is 3. The predicted octanol–water partition coefficient (Wildman–Crippen LogP) is 2.25. The highest BCUT2D eigenvalue weighted by Gasteiger charge is 2.20. The Balaban J connectivity index is 1.55. The molecule has 0 unspecified atom stereocenters. The molecule has 9 nitrogen and oxygen atoms in total. The van der Waals surface area contributed by atoms with Crippen molar-refractivity contribution in [2.45, 2.75) is 6.42 Å². The Kier molecular flexibility index (Phi) is 6.63. The van der Waals surface area contributed by atoms with E-state index in [4.69, 9.17) is 0 Å². The molecule has 0 saturated carbocycles.